The monoisotopic (exact) mass is 290 g/mol. The van der Waals surface area contributed by atoms with Crippen LogP contribution in [-0.2, 0) is 6.54 Å². The Morgan fingerprint density at radius 3 is 2.90 bits per heavy atom. The maximum absolute atomic E-state index is 7.58. The van der Waals surface area contributed by atoms with Crippen LogP contribution in [0.4, 0.5) is 0 Å². The van der Waals surface area contributed by atoms with E-state index in [0.717, 1.165) is 30.0 Å². The molecule has 5 heteroatoms. The first-order valence-corrected chi connectivity index (χ1v) is 7.41. The van der Waals surface area contributed by atoms with Crippen molar-refractivity contribution < 1.29 is 4.74 Å². The van der Waals surface area contributed by atoms with Gasteiger partial charge in [0, 0.05) is 30.3 Å². The first-order valence-electron chi connectivity index (χ1n) is 7.41. The van der Waals surface area contributed by atoms with Crippen molar-refractivity contribution in [2.24, 2.45) is 5.73 Å². The first kappa shape index (κ1) is 15.8. The number of hydrogen-bond donors (Lipinski definition) is 2. The summed E-state index contributed by atoms with van der Waals surface area (Å²) in [4.78, 5) is 4.76. The smallest absolute Gasteiger partial charge is 0.123 e. The number of nitrogens with zero attached hydrogens (tertiary/aromatic N) is 2. The summed E-state index contributed by atoms with van der Waals surface area (Å²) < 4.78 is 5.44. The Bertz CT molecular complexity index is 503. The molecule has 0 amide bonds. The minimum Gasteiger partial charge on any atom is -0.496 e. The molecule has 1 aliphatic heterocycles. The van der Waals surface area contributed by atoms with Gasteiger partial charge in [-0.05, 0) is 51.7 Å². The van der Waals surface area contributed by atoms with E-state index >= 15 is 0 Å². The minimum atomic E-state index is 0.0963. The summed E-state index contributed by atoms with van der Waals surface area (Å²) >= 11 is 0. The van der Waals surface area contributed by atoms with E-state index in [1.165, 1.54) is 19.4 Å². The highest BCUT2D eigenvalue weighted by Crippen LogP contribution is 2.23. The van der Waals surface area contributed by atoms with Gasteiger partial charge in [0.2, 0.25) is 0 Å². The summed E-state index contributed by atoms with van der Waals surface area (Å²) in [7, 11) is 6.02. The number of benzene rings is 1. The number of rotatable bonds is 5. The maximum atomic E-state index is 7.58. The lowest BCUT2D eigenvalue weighted by molar-refractivity contribution is 0.128. The maximum Gasteiger partial charge on any atom is 0.123 e. The summed E-state index contributed by atoms with van der Waals surface area (Å²) in [5.74, 6) is 0.954. The third-order valence-electron chi connectivity index (χ3n) is 4.23. The predicted molar refractivity (Wildman–Crippen MR) is 86.0 cm³/mol. The number of nitrogen functional groups attached to an aromatic ring is 1. The topological polar surface area (TPSA) is 65.6 Å². The van der Waals surface area contributed by atoms with Gasteiger partial charge in [-0.15, -0.1) is 0 Å². The minimum absolute atomic E-state index is 0.0963. The SMILES string of the molecule is COc1ccc(C(=N)N)cc1CN(C)C1CCCN(C)C1. The molecule has 1 fully saturated rings. The van der Waals surface area contributed by atoms with Crippen LogP contribution < -0.4 is 10.5 Å². The highest BCUT2D eigenvalue weighted by Gasteiger charge is 2.22. The van der Waals surface area contributed by atoms with Gasteiger partial charge in [0.15, 0.2) is 0 Å². The number of piperidine rings is 1. The first-order chi connectivity index (χ1) is 10.0. The summed E-state index contributed by atoms with van der Waals surface area (Å²) in [5, 5.41) is 7.58. The Balaban J connectivity index is 2.13. The summed E-state index contributed by atoms with van der Waals surface area (Å²) in [6.07, 6.45) is 2.48. The molecule has 0 radical (unpaired) electrons. The van der Waals surface area contributed by atoms with Gasteiger partial charge in [0.1, 0.15) is 11.6 Å². The molecule has 1 unspecified atom stereocenters. The molecule has 1 aromatic carbocycles. The number of nitrogens with one attached hydrogen (secondary N) is 1. The van der Waals surface area contributed by atoms with Gasteiger partial charge in [-0.1, -0.05) is 0 Å². The van der Waals surface area contributed by atoms with Gasteiger partial charge in [0.05, 0.1) is 7.11 Å². The number of hydrogen-bond acceptors (Lipinski definition) is 4. The third-order valence-corrected chi connectivity index (χ3v) is 4.23. The van der Waals surface area contributed by atoms with Gasteiger partial charge >= 0.3 is 0 Å². The van der Waals surface area contributed by atoms with E-state index in [9.17, 15) is 0 Å². The van der Waals surface area contributed by atoms with Crippen molar-refractivity contribution in [2.45, 2.75) is 25.4 Å². The van der Waals surface area contributed by atoms with Crippen LogP contribution in [0, 0.1) is 5.41 Å². The fraction of sp³-hybridized carbons (Fsp3) is 0.562. The number of likely N-dealkylation sites (tertiary alicyclic amines) is 1. The zero-order valence-electron chi connectivity index (χ0n) is 13.2. The van der Waals surface area contributed by atoms with Crippen LogP contribution in [0.3, 0.4) is 0 Å². The number of methoxy groups -OCH3 is 1. The molecular weight excluding hydrogens is 264 g/mol. The normalized spacial score (nSPS) is 19.7. The van der Waals surface area contributed by atoms with Crippen LogP contribution in [-0.4, -0.2) is 56.0 Å². The summed E-state index contributed by atoms with van der Waals surface area (Å²) in [6, 6.07) is 6.25. The van der Waals surface area contributed by atoms with E-state index < -0.39 is 0 Å². The van der Waals surface area contributed by atoms with Crippen LogP contribution in [0.1, 0.15) is 24.0 Å². The fourth-order valence-electron chi connectivity index (χ4n) is 2.97. The zero-order chi connectivity index (χ0) is 15.4. The number of nitrogens with two attached hydrogens (primary N) is 1. The van der Waals surface area contributed by atoms with Gasteiger partial charge in [-0.2, -0.15) is 0 Å². The highest BCUT2D eigenvalue weighted by molar-refractivity contribution is 5.95. The Hall–Kier alpha value is -1.59. The van der Waals surface area contributed by atoms with E-state index in [2.05, 4.69) is 23.9 Å². The number of ether oxygens (including phenoxy) is 1. The molecule has 1 aliphatic rings. The molecule has 21 heavy (non-hydrogen) atoms. The van der Waals surface area contributed by atoms with Crippen molar-refractivity contribution >= 4 is 5.84 Å². The van der Waals surface area contributed by atoms with Gasteiger partial charge in [-0.3, -0.25) is 10.3 Å². The average Bonchev–Trinajstić information content (AvgIpc) is 2.47. The van der Waals surface area contributed by atoms with E-state index in [-0.39, 0.29) is 5.84 Å². The van der Waals surface area contributed by atoms with Crippen LogP contribution in [0.2, 0.25) is 0 Å². The van der Waals surface area contributed by atoms with Crippen molar-refractivity contribution in [1.82, 2.24) is 9.80 Å². The average molecular weight is 290 g/mol. The molecule has 0 aromatic heterocycles. The predicted octanol–water partition coefficient (Wildman–Crippen LogP) is 1.51. The molecule has 116 valence electrons. The van der Waals surface area contributed by atoms with E-state index in [1.807, 2.05) is 18.2 Å². The molecular formula is C16H26N4O. The van der Waals surface area contributed by atoms with Crippen LogP contribution in [0.15, 0.2) is 18.2 Å². The van der Waals surface area contributed by atoms with E-state index in [1.54, 1.807) is 7.11 Å². The Labute approximate surface area is 127 Å². The number of likely N-dealkylation sites (N-methyl/N-ethyl adjacent to an activating group) is 2. The van der Waals surface area contributed by atoms with Crippen LogP contribution in [0.5, 0.6) is 5.75 Å². The van der Waals surface area contributed by atoms with Crippen LogP contribution in [0.25, 0.3) is 0 Å². The second-order valence-electron chi connectivity index (χ2n) is 5.91. The lowest BCUT2D eigenvalue weighted by atomic mass is 10.0. The largest absolute Gasteiger partial charge is 0.496 e. The quantitative estimate of drug-likeness (QED) is 0.637. The van der Waals surface area contributed by atoms with E-state index in [0.29, 0.717) is 6.04 Å². The molecule has 1 heterocycles. The van der Waals surface area contributed by atoms with Crippen molar-refractivity contribution in [3.63, 3.8) is 0 Å². The van der Waals surface area contributed by atoms with Crippen molar-refractivity contribution in [3.05, 3.63) is 29.3 Å². The molecule has 1 saturated heterocycles. The third kappa shape index (κ3) is 3.95. The molecule has 1 atom stereocenters. The summed E-state index contributed by atoms with van der Waals surface area (Å²) in [5.41, 5.74) is 7.42. The van der Waals surface area contributed by atoms with Crippen LogP contribution >= 0.6 is 0 Å². The standard InChI is InChI=1S/C16H26N4O/c1-19-8-4-5-14(11-19)20(2)10-13-9-12(16(17)18)6-7-15(13)21-3/h6-7,9,14H,4-5,8,10-11H2,1-3H3,(H3,17,18). The zero-order valence-corrected chi connectivity index (χ0v) is 13.2. The molecule has 0 bridgehead atoms. The van der Waals surface area contributed by atoms with Crippen molar-refractivity contribution in [1.29, 1.82) is 5.41 Å². The van der Waals surface area contributed by atoms with Gasteiger partial charge in [-0.25, -0.2) is 0 Å². The van der Waals surface area contributed by atoms with Crippen molar-refractivity contribution in [2.75, 3.05) is 34.3 Å². The van der Waals surface area contributed by atoms with E-state index in [4.69, 9.17) is 15.9 Å². The second kappa shape index (κ2) is 6.91. The molecule has 3 N–H and O–H groups in total. The Morgan fingerprint density at radius 2 is 2.29 bits per heavy atom. The van der Waals surface area contributed by atoms with Gasteiger partial charge < -0.3 is 15.4 Å². The molecule has 5 nitrogen and oxygen atoms in total. The Kier molecular flexibility index (Phi) is 5.20. The van der Waals surface area contributed by atoms with Crippen molar-refractivity contribution in [3.8, 4) is 5.75 Å². The fourth-order valence-corrected chi connectivity index (χ4v) is 2.97. The number of amidine groups is 1. The molecule has 0 aliphatic carbocycles. The molecule has 0 saturated carbocycles. The second-order valence-corrected chi connectivity index (χ2v) is 5.91. The van der Waals surface area contributed by atoms with Gasteiger partial charge in [0.25, 0.3) is 0 Å². The lowest BCUT2D eigenvalue weighted by Crippen LogP contribution is -2.44. The molecule has 2 rings (SSSR count). The summed E-state index contributed by atoms with van der Waals surface area (Å²) in [6.45, 7) is 3.10. The highest BCUT2D eigenvalue weighted by atomic mass is 16.5. The Morgan fingerprint density at radius 1 is 1.52 bits per heavy atom. The molecule has 1 aromatic rings. The lowest BCUT2D eigenvalue weighted by Gasteiger charge is -2.36. The molecule has 0 spiro atoms.